The molecule has 1 aromatic rings. The zero-order valence-corrected chi connectivity index (χ0v) is 20.4. The zero-order valence-electron chi connectivity index (χ0n) is 20.4. The number of hydrogen-bond acceptors (Lipinski definition) is 0. The molecule has 0 heterocycles. The van der Waals surface area contributed by atoms with Gasteiger partial charge in [-0.2, -0.15) is 0 Å². The molecule has 0 amide bonds. The van der Waals surface area contributed by atoms with Crippen molar-refractivity contribution in [2.24, 2.45) is 17.8 Å². The van der Waals surface area contributed by atoms with Gasteiger partial charge in [-0.1, -0.05) is 88.8 Å². The van der Waals surface area contributed by atoms with Crippen LogP contribution in [-0.4, -0.2) is 0 Å². The monoisotopic (exact) mass is 418 g/mol. The lowest BCUT2D eigenvalue weighted by molar-refractivity contribution is 0.291. The Morgan fingerprint density at radius 3 is 2.00 bits per heavy atom. The quantitative estimate of drug-likeness (QED) is 0.277. The van der Waals surface area contributed by atoms with Crippen molar-refractivity contribution in [1.29, 1.82) is 0 Å². The Hall–Kier alpha value is -1.48. The summed E-state index contributed by atoms with van der Waals surface area (Å²) in [5.41, 5.74) is 2.69. The van der Waals surface area contributed by atoms with E-state index < -0.39 is 0 Å². The van der Waals surface area contributed by atoms with Crippen LogP contribution in [0.3, 0.4) is 0 Å². The molecule has 0 heteroatoms. The van der Waals surface area contributed by atoms with Crippen molar-refractivity contribution in [3.05, 3.63) is 47.5 Å². The highest BCUT2D eigenvalue weighted by Gasteiger charge is 2.22. The van der Waals surface area contributed by atoms with Crippen molar-refractivity contribution in [3.63, 3.8) is 0 Å². The smallest absolute Gasteiger partial charge is 0.0249 e. The van der Waals surface area contributed by atoms with Gasteiger partial charge in [0.1, 0.15) is 0 Å². The predicted octanol–water partition coefficient (Wildman–Crippen LogP) is 9.44. The highest BCUT2D eigenvalue weighted by atomic mass is 14.3. The van der Waals surface area contributed by atoms with E-state index in [1.807, 2.05) is 0 Å². The molecule has 0 spiro atoms. The second-order valence-electron chi connectivity index (χ2n) is 10.4. The van der Waals surface area contributed by atoms with Crippen LogP contribution in [0.5, 0.6) is 0 Å². The minimum Gasteiger partial charge on any atom is -0.0730 e. The van der Waals surface area contributed by atoms with E-state index in [-0.39, 0.29) is 0 Å². The van der Waals surface area contributed by atoms with Crippen LogP contribution >= 0.6 is 0 Å². The fourth-order valence-corrected chi connectivity index (χ4v) is 5.78. The van der Waals surface area contributed by atoms with Crippen molar-refractivity contribution < 1.29 is 0 Å². The molecule has 0 radical (unpaired) electrons. The highest BCUT2D eigenvalue weighted by Crippen LogP contribution is 2.37. The van der Waals surface area contributed by atoms with E-state index in [1.165, 1.54) is 102 Å². The van der Waals surface area contributed by atoms with E-state index in [1.54, 1.807) is 0 Å². The Morgan fingerprint density at radius 2 is 1.35 bits per heavy atom. The van der Waals surface area contributed by atoms with Crippen LogP contribution in [-0.2, 0) is 0 Å². The molecule has 0 unspecified atom stereocenters. The van der Waals surface area contributed by atoms with Crippen LogP contribution in [0.25, 0.3) is 0 Å². The van der Waals surface area contributed by atoms with Gasteiger partial charge in [0.25, 0.3) is 0 Å². The van der Waals surface area contributed by atoms with E-state index in [4.69, 9.17) is 0 Å². The topological polar surface area (TPSA) is 0 Å². The summed E-state index contributed by atoms with van der Waals surface area (Å²) in [6.07, 6.45) is 25.5. The first-order valence-corrected chi connectivity index (χ1v) is 13.6. The molecule has 2 fully saturated rings. The first-order chi connectivity index (χ1) is 15.3. The maximum Gasteiger partial charge on any atom is 0.0249 e. The summed E-state index contributed by atoms with van der Waals surface area (Å²) in [7, 11) is 0. The van der Waals surface area contributed by atoms with Gasteiger partial charge in [-0.15, -0.1) is 0 Å². The SMILES string of the molecule is CCCCCC1CCC(c2ccc(C#CC=CC3CCC(CCCC)CC3)cc2)CC1. The van der Waals surface area contributed by atoms with E-state index in [9.17, 15) is 0 Å². The molecule has 0 N–H and O–H groups in total. The van der Waals surface area contributed by atoms with Crippen LogP contribution in [0, 0.1) is 29.6 Å². The Bertz CT molecular complexity index is 682. The Balaban J connectivity index is 1.38. The van der Waals surface area contributed by atoms with Crippen molar-refractivity contribution in [2.75, 3.05) is 0 Å². The second-order valence-corrected chi connectivity index (χ2v) is 10.4. The Kier molecular flexibility index (Phi) is 10.8. The molecule has 2 saturated carbocycles. The van der Waals surface area contributed by atoms with Gasteiger partial charge in [-0.25, -0.2) is 0 Å². The molecule has 0 aliphatic heterocycles. The fourth-order valence-electron chi connectivity index (χ4n) is 5.78. The number of unbranched alkanes of at least 4 members (excludes halogenated alkanes) is 3. The van der Waals surface area contributed by atoms with Crippen LogP contribution in [0.1, 0.15) is 127 Å². The third kappa shape index (κ3) is 8.52. The number of allylic oxidation sites excluding steroid dienone is 2. The van der Waals surface area contributed by atoms with Gasteiger partial charge in [0, 0.05) is 5.56 Å². The minimum absolute atomic E-state index is 0.756. The van der Waals surface area contributed by atoms with Crippen molar-refractivity contribution in [1.82, 2.24) is 0 Å². The largest absolute Gasteiger partial charge is 0.0730 e. The summed E-state index contributed by atoms with van der Waals surface area (Å²) in [5, 5.41) is 0. The summed E-state index contributed by atoms with van der Waals surface area (Å²) >= 11 is 0. The third-order valence-electron chi connectivity index (χ3n) is 7.97. The maximum atomic E-state index is 3.35. The van der Waals surface area contributed by atoms with E-state index in [0.717, 1.165) is 29.2 Å². The number of rotatable bonds is 9. The lowest BCUT2D eigenvalue weighted by atomic mass is 9.77. The number of hydrogen-bond donors (Lipinski definition) is 0. The first kappa shape index (κ1) is 24.2. The van der Waals surface area contributed by atoms with E-state index in [0.29, 0.717) is 0 Å². The Morgan fingerprint density at radius 1 is 0.742 bits per heavy atom. The molecule has 1 aromatic carbocycles. The fraction of sp³-hybridized carbons (Fsp3) is 0.677. The predicted molar refractivity (Wildman–Crippen MR) is 136 cm³/mol. The average Bonchev–Trinajstić information content (AvgIpc) is 2.82. The molecule has 0 atom stereocenters. The molecular weight excluding hydrogens is 372 g/mol. The molecule has 3 rings (SSSR count). The van der Waals surface area contributed by atoms with Gasteiger partial charge in [-0.3, -0.25) is 0 Å². The van der Waals surface area contributed by atoms with E-state index in [2.05, 4.69) is 62.1 Å². The second kappa shape index (κ2) is 13.8. The summed E-state index contributed by atoms with van der Waals surface area (Å²) in [4.78, 5) is 0. The van der Waals surface area contributed by atoms with Crippen molar-refractivity contribution in [2.45, 2.75) is 116 Å². The van der Waals surface area contributed by atoms with Gasteiger partial charge in [0.2, 0.25) is 0 Å². The lowest BCUT2D eigenvalue weighted by Gasteiger charge is -2.29. The van der Waals surface area contributed by atoms with Crippen LogP contribution in [0.2, 0.25) is 0 Å². The molecule has 2 aliphatic carbocycles. The summed E-state index contributed by atoms with van der Waals surface area (Å²) < 4.78 is 0. The summed E-state index contributed by atoms with van der Waals surface area (Å²) in [6.45, 7) is 4.61. The van der Waals surface area contributed by atoms with Crippen molar-refractivity contribution in [3.8, 4) is 11.8 Å². The average molecular weight is 419 g/mol. The minimum atomic E-state index is 0.756. The molecule has 170 valence electrons. The maximum absolute atomic E-state index is 3.35. The lowest BCUT2D eigenvalue weighted by Crippen LogP contribution is -2.13. The van der Waals surface area contributed by atoms with Crippen LogP contribution in [0.4, 0.5) is 0 Å². The molecule has 0 saturated heterocycles. The molecule has 0 aromatic heterocycles. The van der Waals surface area contributed by atoms with Gasteiger partial charge in [-0.05, 0) is 98.8 Å². The van der Waals surface area contributed by atoms with Gasteiger partial charge in [0.15, 0.2) is 0 Å². The molecule has 2 aliphatic rings. The normalized spacial score (nSPS) is 26.5. The number of benzene rings is 1. The first-order valence-electron chi connectivity index (χ1n) is 13.6. The van der Waals surface area contributed by atoms with E-state index >= 15 is 0 Å². The van der Waals surface area contributed by atoms with Gasteiger partial charge >= 0.3 is 0 Å². The molecule has 0 bridgehead atoms. The molecule has 31 heavy (non-hydrogen) atoms. The Labute approximate surface area is 193 Å². The van der Waals surface area contributed by atoms with Gasteiger partial charge in [0.05, 0.1) is 0 Å². The zero-order chi connectivity index (χ0) is 21.7. The summed E-state index contributed by atoms with van der Waals surface area (Å²) in [6, 6.07) is 9.16. The standard InChI is InChI=1S/C31H46/c1-3-5-7-11-28-18-22-30(23-19-28)31-24-20-29(21-25-31)13-9-8-12-27-16-14-26(15-17-27)10-6-4-2/h8,12,20-21,24-28,30H,3-7,10-11,14-19,22-23H2,1-2H3. The van der Waals surface area contributed by atoms with Crippen LogP contribution < -0.4 is 0 Å². The van der Waals surface area contributed by atoms with Crippen molar-refractivity contribution >= 4 is 0 Å². The molecular formula is C31H46. The van der Waals surface area contributed by atoms with Gasteiger partial charge < -0.3 is 0 Å². The molecule has 0 nitrogen and oxygen atoms in total. The van der Waals surface area contributed by atoms with Crippen LogP contribution in [0.15, 0.2) is 36.4 Å². The highest BCUT2D eigenvalue weighted by molar-refractivity contribution is 5.39. The summed E-state index contributed by atoms with van der Waals surface area (Å²) in [5.74, 6) is 10.2. The third-order valence-corrected chi connectivity index (χ3v) is 7.97.